The molecule has 0 aromatic carbocycles. The first-order valence-electron chi connectivity index (χ1n) is 6.58. The van der Waals surface area contributed by atoms with Gasteiger partial charge < -0.3 is 10.1 Å². The highest BCUT2D eigenvalue weighted by molar-refractivity contribution is 4.98. The molecule has 0 bridgehead atoms. The number of hydrogen-bond acceptors (Lipinski definition) is 3. The quantitative estimate of drug-likeness (QED) is 0.820. The van der Waals surface area contributed by atoms with Gasteiger partial charge in [0.25, 0.3) is 0 Å². The highest BCUT2D eigenvalue weighted by Crippen LogP contribution is 2.13. The Hall–Kier alpha value is -0.870. The van der Waals surface area contributed by atoms with Crippen LogP contribution in [0.3, 0.4) is 0 Å². The summed E-state index contributed by atoms with van der Waals surface area (Å²) in [5, 5.41) is 7.95. The lowest BCUT2D eigenvalue weighted by Gasteiger charge is -2.09. The van der Waals surface area contributed by atoms with Crippen molar-refractivity contribution in [3.05, 3.63) is 18.0 Å². The molecular weight excluding hydrogens is 214 g/mol. The third-order valence-electron chi connectivity index (χ3n) is 2.97. The van der Waals surface area contributed by atoms with E-state index in [1.165, 1.54) is 12.8 Å². The molecule has 1 aliphatic heterocycles. The second kappa shape index (κ2) is 6.17. The molecule has 1 unspecified atom stereocenters. The zero-order chi connectivity index (χ0) is 12.1. The van der Waals surface area contributed by atoms with E-state index in [0.29, 0.717) is 12.0 Å². The van der Waals surface area contributed by atoms with Crippen LogP contribution in [0.5, 0.6) is 0 Å². The van der Waals surface area contributed by atoms with E-state index in [2.05, 4.69) is 30.3 Å². The predicted molar refractivity (Wildman–Crippen MR) is 67.7 cm³/mol. The van der Waals surface area contributed by atoms with Gasteiger partial charge in [-0.15, -0.1) is 0 Å². The largest absolute Gasteiger partial charge is 0.376 e. The Morgan fingerprint density at radius 3 is 3.18 bits per heavy atom. The second-order valence-electron chi connectivity index (χ2n) is 5.19. The third-order valence-corrected chi connectivity index (χ3v) is 2.97. The maximum Gasteiger partial charge on any atom is 0.0771 e. The normalized spacial score (nSPS) is 20.3. The van der Waals surface area contributed by atoms with Crippen LogP contribution in [0.15, 0.2) is 12.3 Å². The van der Waals surface area contributed by atoms with Crippen LogP contribution in [0.2, 0.25) is 0 Å². The van der Waals surface area contributed by atoms with Crippen molar-refractivity contribution in [2.24, 2.45) is 5.92 Å². The van der Waals surface area contributed by atoms with Gasteiger partial charge in [-0.05, 0) is 31.4 Å². The molecule has 1 fully saturated rings. The Labute approximate surface area is 103 Å². The number of ether oxygens (including phenoxy) is 1. The summed E-state index contributed by atoms with van der Waals surface area (Å²) in [6.07, 6.45) is 4.77. The lowest BCUT2D eigenvalue weighted by atomic mass is 10.2. The van der Waals surface area contributed by atoms with Crippen molar-refractivity contribution in [3.8, 4) is 0 Å². The lowest BCUT2D eigenvalue weighted by molar-refractivity contribution is 0.0939. The van der Waals surface area contributed by atoms with E-state index < -0.39 is 0 Å². The van der Waals surface area contributed by atoms with Crippen LogP contribution < -0.4 is 5.32 Å². The molecule has 1 aliphatic rings. The maximum absolute atomic E-state index is 5.60. The van der Waals surface area contributed by atoms with Crippen LogP contribution in [0.4, 0.5) is 0 Å². The zero-order valence-electron chi connectivity index (χ0n) is 10.9. The van der Waals surface area contributed by atoms with E-state index in [4.69, 9.17) is 4.74 Å². The topological polar surface area (TPSA) is 39.1 Å². The molecule has 17 heavy (non-hydrogen) atoms. The van der Waals surface area contributed by atoms with Gasteiger partial charge in [-0.1, -0.05) is 13.8 Å². The first-order valence-corrected chi connectivity index (χ1v) is 6.58. The average molecular weight is 237 g/mol. The monoisotopic (exact) mass is 237 g/mol. The standard InChI is InChI=1S/C13H23N3O/c1-11(2)8-14-9-12-5-6-16(15-12)10-13-4-3-7-17-13/h5-6,11,13-14H,3-4,7-10H2,1-2H3. The number of hydrogen-bond donors (Lipinski definition) is 1. The molecule has 0 aliphatic carbocycles. The van der Waals surface area contributed by atoms with E-state index in [0.717, 1.165) is 31.9 Å². The van der Waals surface area contributed by atoms with Crippen LogP contribution in [0.25, 0.3) is 0 Å². The smallest absolute Gasteiger partial charge is 0.0771 e. The predicted octanol–water partition coefficient (Wildman–Crippen LogP) is 1.81. The molecule has 0 saturated carbocycles. The molecule has 4 nitrogen and oxygen atoms in total. The van der Waals surface area contributed by atoms with Crippen LogP contribution in [-0.4, -0.2) is 29.0 Å². The van der Waals surface area contributed by atoms with Crippen LogP contribution >= 0.6 is 0 Å². The minimum atomic E-state index is 0.367. The fourth-order valence-corrected chi connectivity index (χ4v) is 2.09. The molecule has 0 spiro atoms. The Morgan fingerprint density at radius 1 is 1.59 bits per heavy atom. The fourth-order valence-electron chi connectivity index (χ4n) is 2.09. The van der Waals surface area contributed by atoms with Crippen molar-refractivity contribution in [3.63, 3.8) is 0 Å². The Balaban J connectivity index is 1.75. The SMILES string of the molecule is CC(C)CNCc1ccn(CC2CCCO2)n1. The van der Waals surface area contributed by atoms with Gasteiger partial charge in [0.2, 0.25) is 0 Å². The molecule has 2 heterocycles. The molecule has 0 amide bonds. The third kappa shape index (κ3) is 4.13. The number of rotatable bonds is 6. The Kier molecular flexibility index (Phi) is 4.57. The highest BCUT2D eigenvalue weighted by Gasteiger charge is 2.16. The van der Waals surface area contributed by atoms with E-state index in [1.807, 2.05) is 10.9 Å². The number of nitrogens with one attached hydrogen (secondary N) is 1. The highest BCUT2D eigenvalue weighted by atomic mass is 16.5. The maximum atomic E-state index is 5.60. The summed E-state index contributed by atoms with van der Waals surface area (Å²) in [5.74, 6) is 0.684. The molecule has 1 aromatic heterocycles. The molecule has 4 heteroatoms. The molecule has 96 valence electrons. The van der Waals surface area contributed by atoms with Crippen molar-refractivity contribution in [1.29, 1.82) is 0 Å². The Bertz CT molecular complexity index is 329. The van der Waals surface area contributed by atoms with Gasteiger partial charge in [-0.2, -0.15) is 5.10 Å². The molecule has 1 atom stereocenters. The van der Waals surface area contributed by atoms with E-state index >= 15 is 0 Å². The van der Waals surface area contributed by atoms with E-state index in [-0.39, 0.29) is 0 Å². The summed E-state index contributed by atoms with van der Waals surface area (Å²) in [5.41, 5.74) is 1.11. The van der Waals surface area contributed by atoms with Gasteiger partial charge in [0.05, 0.1) is 18.3 Å². The summed E-state index contributed by atoms with van der Waals surface area (Å²) in [7, 11) is 0. The van der Waals surface area contributed by atoms with Crippen LogP contribution in [0, 0.1) is 5.92 Å². The molecular formula is C13H23N3O. The van der Waals surface area contributed by atoms with Crippen LogP contribution in [-0.2, 0) is 17.8 Å². The van der Waals surface area contributed by atoms with E-state index in [9.17, 15) is 0 Å². The van der Waals surface area contributed by atoms with Gasteiger partial charge in [0, 0.05) is 19.3 Å². The zero-order valence-corrected chi connectivity index (χ0v) is 10.9. The van der Waals surface area contributed by atoms with Gasteiger partial charge in [-0.25, -0.2) is 0 Å². The van der Waals surface area contributed by atoms with Gasteiger partial charge in [0.15, 0.2) is 0 Å². The first kappa shape index (κ1) is 12.6. The first-order chi connectivity index (χ1) is 8.24. The minimum absolute atomic E-state index is 0.367. The van der Waals surface area contributed by atoms with Crippen molar-refractivity contribution in [2.45, 2.75) is 45.9 Å². The van der Waals surface area contributed by atoms with Crippen molar-refractivity contribution < 1.29 is 4.74 Å². The van der Waals surface area contributed by atoms with Crippen molar-refractivity contribution in [1.82, 2.24) is 15.1 Å². The second-order valence-corrected chi connectivity index (χ2v) is 5.19. The number of aromatic nitrogens is 2. The van der Waals surface area contributed by atoms with Crippen LogP contribution in [0.1, 0.15) is 32.4 Å². The molecule has 0 radical (unpaired) electrons. The fraction of sp³-hybridized carbons (Fsp3) is 0.769. The summed E-state index contributed by atoms with van der Waals surface area (Å²) in [6, 6.07) is 2.09. The van der Waals surface area contributed by atoms with Crippen molar-refractivity contribution in [2.75, 3.05) is 13.2 Å². The Morgan fingerprint density at radius 2 is 2.47 bits per heavy atom. The molecule has 1 N–H and O–H groups in total. The average Bonchev–Trinajstić information content (AvgIpc) is 2.90. The van der Waals surface area contributed by atoms with Gasteiger partial charge in [-0.3, -0.25) is 4.68 Å². The van der Waals surface area contributed by atoms with Gasteiger partial charge >= 0.3 is 0 Å². The number of nitrogens with zero attached hydrogens (tertiary/aromatic N) is 2. The summed E-state index contributed by atoms with van der Waals surface area (Å²) >= 11 is 0. The summed E-state index contributed by atoms with van der Waals surface area (Å²) in [6.45, 7) is 8.13. The van der Waals surface area contributed by atoms with Gasteiger partial charge in [0.1, 0.15) is 0 Å². The van der Waals surface area contributed by atoms with E-state index in [1.54, 1.807) is 0 Å². The minimum Gasteiger partial charge on any atom is -0.376 e. The molecule has 1 aromatic rings. The molecule has 1 saturated heterocycles. The lowest BCUT2D eigenvalue weighted by Crippen LogP contribution is -2.20. The summed E-state index contributed by atoms with van der Waals surface area (Å²) < 4.78 is 7.60. The van der Waals surface area contributed by atoms with Crippen molar-refractivity contribution >= 4 is 0 Å². The summed E-state index contributed by atoms with van der Waals surface area (Å²) in [4.78, 5) is 0. The molecule has 2 rings (SSSR count).